The molecule has 1 N–H and O–H groups in total. The van der Waals surface area contributed by atoms with Crippen LogP contribution in [0.4, 0.5) is 10.5 Å². The van der Waals surface area contributed by atoms with Crippen LogP contribution in [0.3, 0.4) is 0 Å². The first-order valence-corrected chi connectivity index (χ1v) is 9.16. The second kappa shape index (κ2) is 8.55. The maximum atomic E-state index is 12.5. The molecule has 1 aliphatic heterocycles. The quantitative estimate of drug-likeness (QED) is 0.574. The van der Waals surface area contributed by atoms with Crippen molar-refractivity contribution in [3.05, 3.63) is 54.6 Å². The summed E-state index contributed by atoms with van der Waals surface area (Å²) in [5.41, 5.74) is 0.380. The van der Waals surface area contributed by atoms with E-state index < -0.39 is 30.3 Å². The zero-order chi connectivity index (χ0) is 21.0. The molecule has 0 bridgehead atoms. The van der Waals surface area contributed by atoms with Crippen LogP contribution >= 0.6 is 0 Å². The summed E-state index contributed by atoms with van der Waals surface area (Å²) >= 11 is 0. The Labute approximate surface area is 168 Å². The van der Waals surface area contributed by atoms with Gasteiger partial charge in [-0.1, -0.05) is 44.2 Å². The summed E-state index contributed by atoms with van der Waals surface area (Å²) in [4.78, 5) is 50.5. The van der Waals surface area contributed by atoms with Gasteiger partial charge < -0.3 is 10.1 Å². The Morgan fingerprint density at radius 1 is 0.931 bits per heavy atom. The highest BCUT2D eigenvalue weighted by Crippen LogP contribution is 2.29. The SMILES string of the molecule is CC(C)CN1C(=O)C(=O)N(CC(=O)Nc2ccccc2Oc2ccccc2)C1=O. The van der Waals surface area contributed by atoms with E-state index in [9.17, 15) is 19.2 Å². The lowest BCUT2D eigenvalue weighted by Gasteiger charge is -2.17. The second-order valence-electron chi connectivity index (χ2n) is 6.94. The minimum atomic E-state index is -1.00. The lowest BCUT2D eigenvalue weighted by molar-refractivity contribution is -0.143. The van der Waals surface area contributed by atoms with Gasteiger partial charge in [0.25, 0.3) is 0 Å². The Balaban J connectivity index is 1.69. The summed E-state index contributed by atoms with van der Waals surface area (Å²) in [6, 6.07) is 15.1. The summed E-state index contributed by atoms with van der Waals surface area (Å²) in [6.45, 7) is 3.21. The fraction of sp³-hybridized carbons (Fsp3) is 0.238. The van der Waals surface area contributed by atoms with Crippen LogP contribution in [0, 0.1) is 5.92 Å². The highest BCUT2D eigenvalue weighted by Gasteiger charge is 2.45. The van der Waals surface area contributed by atoms with Crippen molar-refractivity contribution in [2.75, 3.05) is 18.4 Å². The first-order valence-electron chi connectivity index (χ1n) is 9.16. The molecule has 150 valence electrons. The molecular weight excluding hydrogens is 374 g/mol. The Hall–Kier alpha value is -3.68. The Kier molecular flexibility index (Phi) is 5.92. The number of imide groups is 2. The van der Waals surface area contributed by atoms with Gasteiger partial charge in [-0.25, -0.2) is 9.69 Å². The van der Waals surface area contributed by atoms with Gasteiger partial charge in [0, 0.05) is 6.54 Å². The predicted molar refractivity (Wildman–Crippen MR) is 105 cm³/mol. The zero-order valence-corrected chi connectivity index (χ0v) is 16.1. The minimum Gasteiger partial charge on any atom is -0.455 e. The van der Waals surface area contributed by atoms with Crippen molar-refractivity contribution in [3.8, 4) is 11.5 Å². The monoisotopic (exact) mass is 395 g/mol. The van der Waals surface area contributed by atoms with E-state index in [1.165, 1.54) is 0 Å². The van der Waals surface area contributed by atoms with Crippen molar-refractivity contribution in [2.24, 2.45) is 5.92 Å². The van der Waals surface area contributed by atoms with Gasteiger partial charge in [-0.05, 0) is 30.2 Å². The summed E-state index contributed by atoms with van der Waals surface area (Å²) in [5, 5.41) is 2.63. The van der Waals surface area contributed by atoms with E-state index in [0.717, 1.165) is 4.90 Å². The second-order valence-corrected chi connectivity index (χ2v) is 6.94. The van der Waals surface area contributed by atoms with Crippen LogP contribution in [0.5, 0.6) is 11.5 Å². The van der Waals surface area contributed by atoms with Crippen LogP contribution in [-0.4, -0.2) is 46.6 Å². The summed E-state index contributed by atoms with van der Waals surface area (Å²) in [6.07, 6.45) is 0. The molecule has 0 atom stereocenters. The molecule has 1 saturated heterocycles. The molecule has 29 heavy (non-hydrogen) atoms. The number of hydrogen-bond donors (Lipinski definition) is 1. The van der Waals surface area contributed by atoms with Crippen molar-refractivity contribution in [1.82, 2.24) is 9.80 Å². The van der Waals surface area contributed by atoms with Crippen LogP contribution in [0.2, 0.25) is 0 Å². The summed E-state index contributed by atoms with van der Waals surface area (Å²) in [7, 11) is 0. The highest BCUT2D eigenvalue weighted by molar-refractivity contribution is 6.45. The Morgan fingerprint density at radius 2 is 1.55 bits per heavy atom. The molecule has 0 radical (unpaired) electrons. The Bertz CT molecular complexity index is 942. The molecule has 2 aromatic rings. The van der Waals surface area contributed by atoms with Crippen molar-refractivity contribution in [2.45, 2.75) is 13.8 Å². The Morgan fingerprint density at radius 3 is 2.24 bits per heavy atom. The molecule has 1 heterocycles. The molecule has 5 amide bonds. The molecule has 0 aromatic heterocycles. The topological polar surface area (TPSA) is 96.0 Å². The number of para-hydroxylation sites is 3. The molecule has 0 saturated carbocycles. The van der Waals surface area contributed by atoms with E-state index >= 15 is 0 Å². The predicted octanol–water partition coefficient (Wildman–Crippen LogP) is 2.86. The number of nitrogens with one attached hydrogen (secondary N) is 1. The lowest BCUT2D eigenvalue weighted by Crippen LogP contribution is -2.39. The van der Waals surface area contributed by atoms with Gasteiger partial charge in [-0.3, -0.25) is 19.3 Å². The van der Waals surface area contributed by atoms with E-state index in [4.69, 9.17) is 4.74 Å². The summed E-state index contributed by atoms with van der Waals surface area (Å²) in [5.74, 6) is -1.52. The molecule has 0 aliphatic carbocycles. The van der Waals surface area contributed by atoms with E-state index in [1.807, 2.05) is 32.0 Å². The van der Waals surface area contributed by atoms with E-state index in [1.54, 1.807) is 36.4 Å². The van der Waals surface area contributed by atoms with Gasteiger partial charge in [0.05, 0.1) is 5.69 Å². The van der Waals surface area contributed by atoms with Crippen LogP contribution in [-0.2, 0) is 14.4 Å². The molecule has 0 spiro atoms. The number of urea groups is 1. The van der Waals surface area contributed by atoms with Crippen LogP contribution in [0.25, 0.3) is 0 Å². The number of carbonyl (C=O) groups is 4. The molecule has 8 nitrogen and oxygen atoms in total. The van der Waals surface area contributed by atoms with E-state index in [2.05, 4.69) is 5.32 Å². The molecule has 1 fully saturated rings. The van der Waals surface area contributed by atoms with Gasteiger partial charge in [0.1, 0.15) is 12.3 Å². The fourth-order valence-corrected chi connectivity index (χ4v) is 2.82. The first kappa shape index (κ1) is 20.1. The number of benzene rings is 2. The normalized spacial score (nSPS) is 14.0. The zero-order valence-electron chi connectivity index (χ0n) is 16.1. The maximum absolute atomic E-state index is 12.5. The van der Waals surface area contributed by atoms with Gasteiger partial charge in [0.2, 0.25) is 5.91 Å². The minimum absolute atomic E-state index is 0.00601. The standard InChI is InChI=1S/C21H21N3O5/c1-14(2)12-23-19(26)20(27)24(21(23)28)13-18(25)22-16-10-6-7-11-17(16)29-15-8-4-3-5-9-15/h3-11,14H,12-13H2,1-2H3,(H,22,25). The number of nitrogens with zero attached hydrogens (tertiary/aromatic N) is 2. The number of carbonyl (C=O) groups excluding carboxylic acids is 4. The molecule has 1 aliphatic rings. The third-order valence-electron chi connectivity index (χ3n) is 4.12. The smallest absolute Gasteiger partial charge is 0.334 e. The van der Waals surface area contributed by atoms with Crippen LogP contribution in [0.1, 0.15) is 13.8 Å². The maximum Gasteiger partial charge on any atom is 0.334 e. The molecule has 3 rings (SSSR count). The van der Waals surface area contributed by atoms with Crippen molar-refractivity contribution in [1.29, 1.82) is 0 Å². The number of ether oxygens (including phenoxy) is 1. The number of anilines is 1. The van der Waals surface area contributed by atoms with E-state index in [0.29, 0.717) is 22.1 Å². The third kappa shape index (κ3) is 4.60. The average Bonchev–Trinajstić information content (AvgIpc) is 2.88. The van der Waals surface area contributed by atoms with Crippen molar-refractivity contribution >= 4 is 29.4 Å². The largest absolute Gasteiger partial charge is 0.455 e. The molecule has 8 heteroatoms. The summed E-state index contributed by atoms with van der Waals surface area (Å²) < 4.78 is 5.78. The molecule has 0 unspecified atom stereocenters. The highest BCUT2D eigenvalue weighted by atomic mass is 16.5. The van der Waals surface area contributed by atoms with Gasteiger partial charge in [0.15, 0.2) is 5.75 Å². The van der Waals surface area contributed by atoms with Crippen LogP contribution in [0.15, 0.2) is 54.6 Å². The van der Waals surface area contributed by atoms with Crippen molar-refractivity contribution < 1.29 is 23.9 Å². The van der Waals surface area contributed by atoms with E-state index in [-0.39, 0.29) is 12.5 Å². The molecule has 2 aromatic carbocycles. The van der Waals surface area contributed by atoms with Crippen molar-refractivity contribution in [3.63, 3.8) is 0 Å². The third-order valence-corrected chi connectivity index (χ3v) is 4.12. The lowest BCUT2D eigenvalue weighted by atomic mass is 10.2. The average molecular weight is 395 g/mol. The fourth-order valence-electron chi connectivity index (χ4n) is 2.82. The first-order chi connectivity index (χ1) is 13.9. The number of rotatable bonds is 7. The van der Waals surface area contributed by atoms with Gasteiger partial charge in [-0.2, -0.15) is 0 Å². The molecular formula is C21H21N3O5. The number of amides is 5. The number of hydrogen-bond acceptors (Lipinski definition) is 5. The van der Waals surface area contributed by atoms with Gasteiger partial charge in [-0.15, -0.1) is 0 Å². The van der Waals surface area contributed by atoms with Gasteiger partial charge >= 0.3 is 17.8 Å². The van der Waals surface area contributed by atoms with Crippen LogP contribution < -0.4 is 10.1 Å².